The molecule has 0 bridgehead atoms. The number of benzene rings is 3. The molecule has 0 unspecified atom stereocenters. The van der Waals surface area contributed by atoms with Gasteiger partial charge in [-0.25, -0.2) is 4.79 Å². The molecule has 5 nitrogen and oxygen atoms in total. The first-order chi connectivity index (χ1) is 14.7. The molecule has 1 aliphatic rings. The van der Waals surface area contributed by atoms with E-state index >= 15 is 0 Å². The molecule has 1 heterocycles. The first-order valence-electron chi connectivity index (χ1n) is 9.48. The van der Waals surface area contributed by atoms with Crippen LogP contribution in [0, 0.1) is 0 Å². The number of fused-ring (bicyclic) bond motifs is 1. The van der Waals surface area contributed by atoms with Gasteiger partial charge in [0.05, 0.1) is 17.3 Å². The van der Waals surface area contributed by atoms with Gasteiger partial charge in [0.25, 0.3) is 5.91 Å². The van der Waals surface area contributed by atoms with E-state index in [2.05, 4.69) is 0 Å². The van der Waals surface area contributed by atoms with Gasteiger partial charge in [0, 0.05) is 16.2 Å². The first kappa shape index (κ1) is 19.9. The summed E-state index contributed by atoms with van der Waals surface area (Å²) in [4.78, 5) is 39.0. The minimum atomic E-state index is -0.600. The maximum absolute atomic E-state index is 13.2. The van der Waals surface area contributed by atoms with Crippen LogP contribution in [0.3, 0.4) is 0 Å². The van der Waals surface area contributed by atoms with Crippen LogP contribution >= 0.6 is 11.8 Å². The van der Waals surface area contributed by atoms with E-state index in [0.717, 1.165) is 16.1 Å². The van der Waals surface area contributed by atoms with Crippen LogP contribution in [0.2, 0.25) is 0 Å². The summed E-state index contributed by atoms with van der Waals surface area (Å²) in [6, 6.07) is 23.5. The van der Waals surface area contributed by atoms with E-state index in [4.69, 9.17) is 4.74 Å². The molecule has 0 aliphatic carbocycles. The number of thioether (sulfide) groups is 1. The maximum Gasteiger partial charge on any atom is 0.338 e. The van der Waals surface area contributed by atoms with E-state index in [1.807, 2.05) is 54.6 Å². The smallest absolute Gasteiger partial charge is 0.338 e. The van der Waals surface area contributed by atoms with E-state index in [9.17, 15) is 14.4 Å². The fourth-order valence-electron chi connectivity index (χ4n) is 3.40. The standard InChI is InChI=1S/C24H19NO4S/c26-14-17-10-12-19(13-11-17)24(28)29-15-23(27)25-20-8-4-5-9-22(20)30-16-21(25)18-6-2-1-3-7-18/h1-14,21H,15-16H2/t21-/m1/s1. The van der Waals surface area contributed by atoms with Crippen molar-refractivity contribution in [1.82, 2.24) is 0 Å². The third kappa shape index (κ3) is 4.14. The minimum Gasteiger partial charge on any atom is -0.452 e. The Hall–Kier alpha value is -3.38. The summed E-state index contributed by atoms with van der Waals surface area (Å²) in [5.41, 5.74) is 2.61. The van der Waals surface area contributed by atoms with Crippen LogP contribution in [0.15, 0.2) is 83.8 Å². The van der Waals surface area contributed by atoms with Gasteiger partial charge < -0.3 is 4.74 Å². The van der Waals surface area contributed by atoms with Crippen LogP contribution in [-0.4, -0.2) is 30.5 Å². The molecule has 3 aromatic rings. The number of esters is 1. The summed E-state index contributed by atoms with van der Waals surface area (Å²) in [5.74, 6) is -0.167. The van der Waals surface area contributed by atoms with Crippen LogP contribution in [-0.2, 0) is 9.53 Å². The number of rotatable bonds is 5. The van der Waals surface area contributed by atoms with Crippen molar-refractivity contribution in [2.75, 3.05) is 17.3 Å². The lowest BCUT2D eigenvalue weighted by molar-refractivity contribution is -0.122. The summed E-state index contributed by atoms with van der Waals surface area (Å²) in [6.45, 7) is -0.364. The third-order valence-electron chi connectivity index (χ3n) is 4.90. The fraction of sp³-hybridized carbons (Fsp3) is 0.125. The van der Waals surface area contributed by atoms with Gasteiger partial charge in [-0.15, -0.1) is 11.8 Å². The number of carbonyl (C=O) groups is 3. The molecule has 0 radical (unpaired) electrons. The van der Waals surface area contributed by atoms with Crippen molar-refractivity contribution in [3.05, 3.63) is 95.6 Å². The molecule has 150 valence electrons. The molecule has 0 N–H and O–H groups in total. The van der Waals surface area contributed by atoms with Crippen molar-refractivity contribution in [1.29, 1.82) is 0 Å². The molecule has 0 aromatic heterocycles. The minimum absolute atomic E-state index is 0.149. The lowest BCUT2D eigenvalue weighted by Gasteiger charge is -2.37. The number of hydrogen-bond acceptors (Lipinski definition) is 5. The molecule has 1 aliphatic heterocycles. The van der Waals surface area contributed by atoms with E-state index in [1.54, 1.807) is 16.7 Å². The number of nitrogens with zero attached hydrogens (tertiary/aromatic N) is 1. The monoisotopic (exact) mass is 417 g/mol. The van der Waals surface area contributed by atoms with E-state index in [-0.39, 0.29) is 18.6 Å². The number of anilines is 1. The zero-order valence-electron chi connectivity index (χ0n) is 16.1. The zero-order chi connectivity index (χ0) is 20.9. The predicted molar refractivity (Wildman–Crippen MR) is 116 cm³/mol. The van der Waals surface area contributed by atoms with Crippen molar-refractivity contribution in [2.45, 2.75) is 10.9 Å². The SMILES string of the molecule is O=Cc1ccc(C(=O)OCC(=O)N2c3ccccc3SC[C@@H]2c2ccccc2)cc1. The topological polar surface area (TPSA) is 63.7 Å². The van der Waals surface area contributed by atoms with Gasteiger partial charge in [-0.05, 0) is 29.8 Å². The van der Waals surface area contributed by atoms with Crippen LogP contribution in [0.1, 0.15) is 32.3 Å². The van der Waals surface area contributed by atoms with Gasteiger partial charge in [0.2, 0.25) is 0 Å². The Balaban J connectivity index is 1.54. The zero-order valence-corrected chi connectivity index (χ0v) is 16.9. The molecule has 30 heavy (non-hydrogen) atoms. The maximum atomic E-state index is 13.2. The average molecular weight is 417 g/mol. The van der Waals surface area contributed by atoms with Crippen molar-refractivity contribution < 1.29 is 19.1 Å². The highest BCUT2D eigenvalue weighted by Gasteiger charge is 2.32. The summed E-state index contributed by atoms with van der Waals surface area (Å²) in [5, 5.41) is 0. The number of aldehydes is 1. The molecule has 1 atom stereocenters. The summed E-state index contributed by atoms with van der Waals surface area (Å²) >= 11 is 1.71. The number of carbonyl (C=O) groups excluding carboxylic acids is 3. The van der Waals surface area contributed by atoms with Crippen LogP contribution in [0.4, 0.5) is 5.69 Å². The van der Waals surface area contributed by atoms with Crippen LogP contribution in [0.25, 0.3) is 0 Å². The van der Waals surface area contributed by atoms with Crippen molar-refractivity contribution in [3.8, 4) is 0 Å². The second-order valence-corrected chi connectivity index (χ2v) is 7.85. The molecule has 0 saturated carbocycles. The fourth-order valence-corrected chi connectivity index (χ4v) is 4.56. The quantitative estimate of drug-likeness (QED) is 0.451. The van der Waals surface area contributed by atoms with Crippen LogP contribution in [0.5, 0.6) is 0 Å². The number of para-hydroxylation sites is 1. The third-order valence-corrected chi connectivity index (χ3v) is 6.03. The van der Waals surface area contributed by atoms with Crippen LogP contribution < -0.4 is 4.90 Å². The van der Waals surface area contributed by atoms with Crippen molar-refractivity contribution >= 4 is 35.6 Å². The Morgan fingerprint density at radius 1 is 0.967 bits per heavy atom. The molecule has 6 heteroatoms. The second kappa shape index (κ2) is 8.97. The molecule has 0 spiro atoms. The average Bonchev–Trinajstić information content (AvgIpc) is 2.82. The van der Waals surface area contributed by atoms with Gasteiger partial charge >= 0.3 is 5.97 Å². The Kier molecular flexibility index (Phi) is 5.95. The summed E-state index contributed by atoms with van der Waals surface area (Å²) in [7, 11) is 0. The predicted octanol–water partition coefficient (Wildman–Crippen LogP) is 4.54. The normalized spacial score (nSPS) is 15.2. The van der Waals surface area contributed by atoms with Gasteiger partial charge in [0.15, 0.2) is 6.61 Å². The first-order valence-corrected chi connectivity index (χ1v) is 10.5. The lowest BCUT2D eigenvalue weighted by atomic mass is 10.1. The lowest BCUT2D eigenvalue weighted by Crippen LogP contribution is -2.41. The van der Waals surface area contributed by atoms with E-state index in [1.165, 1.54) is 24.3 Å². The van der Waals surface area contributed by atoms with Gasteiger partial charge in [0.1, 0.15) is 6.29 Å². The van der Waals surface area contributed by atoms with Gasteiger partial charge in [-0.2, -0.15) is 0 Å². The summed E-state index contributed by atoms with van der Waals surface area (Å²) < 4.78 is 5.29. The Morgan fingerprint density at radius 3 is 2.40 bits per heavy atom. The number of ether oxygens (including phenoxy) is 1. The molecule has 1 amide bonds. The number of amides is 1. The molecule has 3 aromatic carbocycles. The Morgan fingerprint density at radius 2 is 1.67 bits per heavy atom. The highest BCUT2D eigenvalue weighted by Crippen LogP contribution is 2.43. The highest BCUT2D eigenvalue weighted by molar-refractivity contribution is 7.99. The molecule has 4 rings (SSSR count). The molecular formula is C24H19NO4S. The Bertz CT molecular complexity index is 1070. The molecular weight excluding hydrogens is 398 g/mol. The molecule has 0 saturated heterocycles. The number of hydrogen-bond donors (Lipinski definition) is 0. The largest absolute Gasteiger partial charge is 0.452 e. The van der Waals surface area contributed by atoms with Gasteiger partial charge in [-0.1, -0.05) is 54.6 Å². The Labute approximate surface area is 178 Å². The van der Waals surface area contributed by atoms with Gasteiger partial charge in [-0.3, -0.25) is 14.5 Å². The van der Waals surface area contributed by atoms with Crippen molar-refractivity contribution in [2.24, 2.45) is 0 Å². The van der Waals surface area contributed by atoms with E-state index < -0.39 is 5.97 Å². The molecule has 0 fully saturated rings. The van der Waals surface area contributed by atoms with E-state index in [0.29, 0.717) is 23.2 Å². The highest BCUT2D eigenvalue weighted by atomic mass is 32.2. The second-order valence-electron chi connectivity index (χ2n) is 6.78. The van der Waals surface area contributed by atoms with Crippen molar-refractivity contribution in [3.63, 3.8) is 0 Å². The summed E-state index contributed by atoms with van der Waals surface area (Å²) in [6.07, 6.45) is 0.703.